The summed E-state index contributed by atoms with van der Waals surface area (Å²) in [5.41, 5.74) is 0.696. The van der Waals surface area contributed by atoms with Gasteiger partial charge in [-0.2, -0.15) is 0 Å². The molecule has 0 atom stereocenters. The molecule has 0 fully saturated rings. The van der Waals surface area contributed by atoms with Crippen molar-refractivity contribution in [2.75, 3.05) is 20.6 Å². The number of benzene rings is 1. The Morgan fingerprint density at radius 2 is 1.90 bits per heavy atom. The van der Waals surface area contributed by atoms with Crippen LogP contribution in [0.2, 0.25) is 0 Å². The van der Waals surface area contributed by atoms with Crippen molar-refractivity contribution in [2.24, 2.45) is 0 Å². The summed E-state index contributed by atoms with van der Waals surface area (Å²) in [6.07, 6.45) is 6.79. The molecule has 0 saturated heterocycles. The molecule has 20 heavy (non-hydrogen) atoms. The molecule has 0 aromatic heterocycles. The molecule has 0 aliphatic rings. The minimum Gasteiger partial charge on any atom is -0.504 e. The Labute approximate surface area is 120 Å². The van der Waals surface area contributed by atoms with Crippen molar-refractivity contribution in [3.63, 3.8) is 0 Å². The number of hydrogen-bond acceptors (Lipinski definition) is 4. The maximum absolute atomic E-state index is 11.7. The van der Waals surface area contributed by atoms with Crippen molar-refractivity contribution in [3.05, 3.63) is 29.8 Å². The van der Waals surface area contributed by atoms with E-state index in [9.17, 15) is 15.0 Å². The van der Waals surface area contributed by atoms with Gasteiger partial charge >= 0.3 is 0 Å². The Hall–Kier alpha value is -1.81. The average Bonchev–Trinajstić information content (AvgIpc) is 2.39. The molecule has 0 aliphatic heterocycles. The van der Waals surface area contributed by atoms with Crippen LogP contribution in [-0.4, -0.2) is 41.5 Å². The van der Waals surface area contributed by atoms with Gasteiger partial charge in [0.05, 0.1) is 0 Å². The topological polar surface area (TPSA) is 60.8 Å². The number of unbranched alkanes of at least 4 members (excludes halogenated alkanes) is 2. The van der Waals surface area contributed by atoms with Crippen molar-refractivity contribution >= 4 is 11.9 Å². The Morgan fingerprint density at radius 3 is 2.55 bits per heavy atom. The number of hydrogen-bond donors (Lipinski definition) is 2. The summed E-state index contributed by atoms with van der Waals surface area (Å²) in [4.78, 5) is 13.8. The largest absolute Gasteiger partial charge is 0.504 e. The van der Waals surface area contributed by atoms with Crippen LogP contribution in [0.5, 0.6) is 11.5 Å². The van der Waals surface area contributed by atoms with E-state index >= 15 is 0 Å². The lowest BCUT2D eigenvalue weighted by molar-refractivity contribution is -0.114. The first kappa shape index (κ1) is 16.2. The van der Waals surface area contributed by atoms with Crippen molar-refractivity contribution in [3.8, 4) is 11.5 Å². The molecule has 110 valence electrons. The van der Waals surface area contributed by atoms with E-state index in [2.05, 4.69) is 4.90 Å². The predicted octanol–water partition coefficient (Wildman–Crippen LogP) is 2.80. The van der Waals surface area contributed by atoms with E-state index in [1.54, 1.807) is 12.1 Å². The fraction of sp³-hybridized carbons (Fsp3) is 0.438. The summed E-state index contributed by atoms with van der Waals surface area (Å²) in [5, 5.41) is 18.5. The van der Waals surface area contributed by atoms with Crippen molar-refractivity contribution in [2.45, 2.75) is 25.7 Å². The molecule has 1 rings (SSSR count). The number of rotatable bonds is 8. The van der Waals surface area contributed by atoms with Crippen LogP contribution in [-0.2, 0) is 4.79 Å². The number of aromatic hydroxyl groups is 2. The second-order valence-electron chi connectivity index (χ2n) is 5.16. The smallest absolute Gasteiger partial charge is 0.157 e. The highest BCUT2D eigenvalue weighted by molar-refractivity contribution is 5.93. The highest BCUT2D eigenvalue weighted by Crippen LogP contribution is 2.25. The van der Waals surface area contributed by atoms with Gasteiger partial charge in [-0.1, -0.05) is 18.6 Å². The molecule has 0 bridgehead atoms. The second kappa shape index (κ2) is 8.38. The van der Waals surface area contributed by atoms with Gasteiger partial charge in [-0.25, -0.2) is 0 Å². The van der Waals surface area contributed by atoms with E-state index in [1.165, 1.54) is 18.2 Å². The molecular weight excluding hydrogens is 254 g/mol. The maximum atomic E-state index is 11.7. The van der Waals surface area contributed by atoms with E-state index in [-0.39, 0.29) is 17.3 Å². The summed E-state index contributed by atoms with van der Waals surface area (Å²) in [6.45, 7) is 1.05. The first-order chi connectivity index (χ1) is 9.49. The normalized spacial score (nSPS) is 11.3. The Kier molecular flexibility index (Phi) is 6.81. The first-order valence-corrected chi connectivity index (χ1v) is 6.86. The van der Waals surface area contributed by atoms with Gasteiger partial charge in [0.25, 0.3) is 0 Å². The summed E-state index contributed by atoms with van der Waals surface area (Å²) in [6, 6.07) is 4.48. The zero-order chi connectivity index (χ0) is 15.0. The third-order valence-corrected chi connectivity index (χ3v) is 2.99. The number of ketones is 1. The highest BCUT2D eigenvalue weighted by atomic mass is 16.3. The van der Waals surface area contributed by atoms with Gasteiger partial charge in [-0.15, -0.1) is 0 Å². The summed E-state index contributed by atoms with van der Waals surface area (Å²) in [7, 11) is 4.09. The van der Waals surface area contributed by atoms with Crippen LogP contribution in [0.1, 0.15) is 31.2 Å². The summed E-state index contributed by atoms with van der Waals surface area (Å²) >= 11 is 0. The lowest BCUT2D eigenvalue weighted by atomic mass is 10.1. The van der Waals surface area contributed by atoms with Crippen molar-refractivity contribution in [1.82, 2.24) is 4.90 Å². The van der Waals surface area contributed by atoms with E-state index in [0.717, 1.165) is 25.8 Å². The van der Waals surface area contributed by atoms with E-state index in [0.29, 0.717) is 12.0 Å². The van der Waals surface area contributed by atoms with Gasteiger partial charge in [-0.05, 0) is 57.3 Å². The van der Waals surface area contributed by atoms with Crippen LogP contribution >= 0.6 is 0 Å². The highest BCUT2D eigenvalue weighted by Gasteiger charge is 2.00. The van der Waals surface area contributed by atoms with Crippen LogP contribution in [0.4, 0.5) is 0 Å². The molecule has 4 heteroatoms. The zero-order valence-electron chi connectivity index (χ0n) is 12.2. The van der Waals surface area contributed by atoms with Gasteiger partial charge in [0, 0.05) is 6.42 Å². The molecule has 4 nitrogen and oxygen atoms in total. The number of nitrogens with zero attached hydrogens (tertiary/aromatic N) is 1. The van der Waals surface area contributed by atoms with Gasteiger partial charge < -0.3 is 15.1 Å². The van der Waals surface area contributed by atoms with Crippen LogP contribution in [0.25, 0.3) is 6.08 Å². The zero-order valence-corrected chi connectivity index (χ0v) is 12.2. The Balaban J connectivity index is 2.31. The average molecular weight is 277 g/mol. The van der Waals surface area contributed by atoms with Gasteiger partial charge in [0.1, 0.15) is 0 Å². The van der Waals surface area contributed by atoms with E-state index < -0.39 is 0 Å². The minimum absolute atomic E-state index is 0.0856. The third kappa shape index (κ3) is 6.38. The number of phenolic OH excluding ortho intramolecular Hbond substituents is 2. The van der Waals surface area contributed by atoms with Crippen LogP contribution in [0, 0.1) is 0 Å². The van der Waals surface area contributed by atoms with Crippen LogP contribution in [0.15, 0.2) is 24.3 Å². The fourth-order valence-electron chi connectivity index (χ4n) is 1.82. The quantitative estimate of drug-likeness (QED) is 0.436. The van der Waals surface area contributed by atoms with Gasteiger partial charge in [0.2, 0.25) is 0 Å². The minimum atomic E-state index is -0.178. The van der Waals surface area contributed by atoms with E-state index in [1.807, 2.05) is 14.1 Å². The van der Waals surface area contributed by atoms with Crippen molar-refractivity contribution in [1.29, 1.82) is 0 Å². The maximum Gasteiger partial charge on any atom is 0.157 e. The molecule has 0 radical (unpaired) electrons. The molecule has 0 spiro atoms. The second-order valence-corrected chi connectivity index (χ2v) is 5.16. The van der Waals surface area contributed by atoms with Gasteiger partial charge in [0.15, 0.2) is 17.3 Å². The van der Waals surface area contributed by atoms with Gasteiger partial charge in [-0.3, -0.25) is 4.79 Å². The molecule has 0 aliphatic carbocycles. The standard InChI is InChI=1S/C16H23NO3/c1-17(2)11-5-3-4-6-14(18)9-7-13-8-10-15(19)16(20)12-13/h7-10,12,19-20H,3-6,11H2,1-2H3/b9-7+. The predicted molar refractivity (Wildman–Crippen MR) is 80.8 cm³/mol. The summed E-state index contributed by atoms with van der Waals surface area (Å²) in [5.74, 6) is -0.250. The molecule has 0 heterocycles. The van der Waals surface area contributed by atoms with E-state index in [4.69, 9.17) is 0 Å². The molecule has 1 aromatic carbocycles. The molecule has 0 amide bonds. The number of phenols is 2. The fourth-order valence-corrected chi connectivity index (χ4v) is 1.82. The third-order valence-electron chi connectivity index (χ3n) is 2.99. The summed E-state index contributed by atoms with van der Waals surface area (Å²) < 4.78 is 0. The van der Waals surface area contributed by atoms with Crippen molar-refractivity contribution < 1.29 is 15.0 Å². The molecule has 0 unspecified atom stereocenters. The monoisotopic (exact) mass is 277 g/mol. The Bertz CT molecular complexity index is 467. The Morgan fingerprint density at radius 1 is 1.15 bits per heavy atom. The first-order valence-electron chi connectivity index (χ1n) is 6.86. The van der Waals surface area contributed by atoms with Crippen LogP contribution < -0.4 is 0 Å². The lowest BCUT2D eigenvalue weighted by Gasteiger charge is -2.07. The molecule has 2 N–H and O–H groups in total. The number of allylic oxidation sites excluding steroid dienone is 1. The molecule has 0 saturated carbocycles. The SMILES string of the molecule is CN(C)CCCCCC(=O)/C=C/c1ccc(O)c(O)c1. The lowest BCUT2D eigenvalue weighted by Crippen LogP contribution is -2.12. The number of carbonyl (C=O) groups excluding carboxylic acids is 1. The number of carbonyl (C=O) groups is 1. The molecule has 1 aromatic rings. The molecular formula is C16H23NO3. The van der Waals surface area contributed by atoms with Crippen LogP contribution in [0.3, 0.4) is 0 Å².